The molecule has 0 saturated carbocycles. The van der Waals surface area contributed by atoms with Crippen LogP contribution in [0, 0.1) is 17.0 Å². The number of nitro benzene ring substituents is 1. The van der Waals surface area contributed by atoms with Gasteiger partial charge in [0.2, 0.25) is 0 Å². The van der Waals surface area contributed by atoms with Gasteiger partial charge in [0.05, 0.1) is 23.1 Å². The van der Waals surface area contributed by atoms with E-state index in [0.717, 1.165) is 24.2 Å². The van der Waals surface area contributed by atoms with E-state index >= 15 is 0 Å². The van der Waals surface area contributed by atoms with Crippen molar-refractivity contribution in [3.05, 3.63) is 45.6 Å². The van der Waals surface area contributed by atoms with Gasteiger partial charge in [-0.15, -0.1) is 0 Å². The molecule has 11 heteroatoms. The summed E-state index contributed by atoms with van der Waals surface area (Å²) in [6, 6.07) is 4.46. The number of carbonyl (C=O) groups excluding carboxylic acids is 1. The second kappa shape index (κ2) is 9.53. The van der Waals surface area contributed by atoms with Crippen molar-refractivity contribution in [1.29, 1.82) is 0 Å². The van der Waals surface area contributed by atoms with Crippen LogP contribution in [0.2, 0.25) is 0 Å². The second-order valence-electron chi connectivity index (χ2n) is 6.55. The van der Waals surface area contributed by atoms with E-state index < -0.39 is 4.92 Å². The molecule has 0 aliphatic rings. The van der Waals surface area contributed by atoms with Gasteiger partial charge in [0, 0.05) is 30.3 Å². The third-order valence-corrected chi connectivity index (χ3v) is 5.10. The van der Waals surface area contributed by atoms with Crippen LogP contribution in [0.4, 0.5) is 11.5 Å². The molecular weight excluding hydrogens is 406 g/mol. The Morgan fingerprint density at radius 1 is 1.30 bits per heavy atom. The van der Waals surface area contributed by atoms with Crippen LogP contribution in [0.1, 0.15) is 29.3 Å². The van der Waals surface area contributed by atoms with Crippen molar-refractivity contribution in [3.63, 3.8) is 0 Å². The average Bonchev–Trinajstić information content (AvgIpc) is 3.14. The van der Waals surface area contributed by atoms with Crippen molar-refractivity contribution in [3.8, 4) is 0 Å². The lowest BCUT2D eigenvalue weighted by Gasteiger charge is -2.10. The van der Waals surface area contributed by atoms with Crippen molar-refractivity contribution in [2.75, 3.05) is 24.7 Å². The van der Waals surface area contributed by atoms with Crippen molar-refractivity contribution in [1.82, 2.24) is 25.1 Å². The number of aromatic nitrogens is 4. The molecule has 3 aromatic rings. The minimum atomic E-state index is -0.491. The van der Waals surface area contributed by atoms with Gasteiger partial charge in [-0.25, -0.2) is 14.6 Å². The van der Waals surface area contributed by atoms with Gasteiger partial charge in [0.1, 0.15) is 5.82 Å². The predicted molar refractivity (Wildman–Crippen MR) is 116 cm³/mol. The maximum atomic E-state index is 12.5. The van der Waals surface area contributed by atoms with E-state index in [9.17, 15) is 14.9 Å². The highest BCUT2D eigenvalue weighted by Crippen LogP contribution is 2.23. The number of hydrogen-bond acceptors (Lipinski definition) is 8. The standard InChI is InChI=1S/C19H23N7O3S/c1-4-8-20-16-14-11-22-25(17(14)24-19(23-16)30-3)10-9-21-18(27)13-6-5-7-15(12(13)2)26(28)29/h5-7,11H,4,8-10H2,1-3H3,(H,21,27)(H,20,23,24). The van der Waals surface area contributed by atoms with E-state index in [2.05, 4.69) is 32.6 Å². The van der Waals surface area contributed by atoms with E-state index in [1.807, 2.05) is 6.26 Å². The summed E-state index contributed by atoms with van der Waals surface area (Å²) >= 11 is 1.45. The van der Waals surface area contributed by atoms with Crippen LogP contribution in [0.5, 0.6) is 0 Å². The highest BCUT2D eigenvalue weighted by molar-refractivity contribution is 7.98. The minimum absolute atomic E-state index is 0.0749. The van der Waals surface area contributed by atoms with Gasteiger partial charge in [-0.2, -0.15) is 5.10 Å². The molecule has 0 bridgehead atoms. The van der Waals surface area contributed by atoms with Gasteiger partial charge in [-0.3, -0.25) is 14.9 Å². The number of nitrogens with one attached hydrogen (secondary N) is 2. The lowest BCUT2D eigenvalue weighted by atomic mass is 10.1. The SMILES string of the molecule is CCCNc1nc(SC)nc2c1cnn2CCNC(=O)c1cccc([N+](=O)[O-])c1C. The molecule has 0 radical (unpaired) electrons. The molecule has 0 aliphatic heterocycles. The van der Waals surface area contributed by atoms with Crippen LogP contribution in [0.3, 0.4) is 0 Å². The van der Waals surface area contributed by atoms with E-state index in [-0.39, 0.29) is 17.2 Å². The average molecular weight is 430 g/mol. The number of thioether (sulfide) groups is 1. The number of nitrogens with zero attached hydrogens (tertiary/aromatic N) is 5. The fourth-order valence-electron chi connectivity index (χ4n) is 3.01. The minimum Gasteiger partial charge on any atom is -0.369 e. The molecule has 0 atom stereocenters. The number of nitro groups is 1. The Morgan fingerprint density at radius 3 is 2.80 bits per heavy atom. The first-order valence-electron chi connectivity index (χ1n) is 9.49. The number of amides is 1. The molecular formula is C19H23N7O3S. The summed E-state index contributed by atoms with van der Waals surface area (Å²) in [5, 5.41) is 23.0. The first-order chi connectivity index (χ1) is 14.5. The molecule has 158 valence electrons. The first kappa shape index (κ1) is 21.5. The van der Waals surface area contributed by atoms with Gasteiger partial charge in [0.15, 0.2) is 10.8 Å². The summed E-state index contributed by atoms with van der Waals surface area (Å²) < 4.78 is 1.72. The molecule has 1 amide bonds. The Kier molecular flexibility index (Phi) is 6.83. The summed E-state index contributed by atoms with van der Waals surface area (Å²) in [4.78, 5) is 32.2. The number of hydrogen-bond donors (Lipinski definition) is 2. The summed E-state index contributed by atoms with van der Waals surface area (Å²) in [5.41, 5.74) is 1.24. The molecule has 2 aromatic heterocycles. The fraction of sp³-hybridized carbons (Fsp3) is 0.368. The molecule has 2 heterocycles. The number of rotatable bonds is 9. The van der Waals surface area contributed by atoms with Crippen LogP contribution in [0.25, 0.3) is 11.0 Å². The molecule has 3 rings (SSSR count). The van der Waals surface area contributed by atoms with Gasteiger partial charge in [0.25, 0.3) is 11.6 Å². The first-order valence-corrected chi connectivity index (χ1v) is 10.7. The Balaban J connectivity index is 1.74. The molecule has 30 heavy (non-hydrogen) atoms. The molecule has 1 aromatic carbocycles. The third-order valence-electron chi connectivity index (χ3n) is 4.56. The predicted octanol–water partition coefficient (Wildman–Crippen LogP) is 3.02. The molecule has 0 saturated heterocycles. The van der Waals surface area contributed by atoms with Gasteiger partial charge in [-0.05, 0) is 25.7 Å². The summed E-state index contributed by atoms with van der Waals surface area (Å²) in [6.45, 7) is 5.15. The van der Waals surface area contributed by atoms with E-state index in [0.29, 0.717) is 29.5 Å². The summed E-state index contributed by atoms with van der Waals surface area (Å²) in [5.74, 6) is 0.381. The third kappa shape index (κ3) is 4.51. The maximum absolute atomic E-state index is 12.5. The van der Waals surface area contributed by atoms with Crippen molar-refractivity contribution >= 4 is 40.2 Å². The lowest BCUT2D eigenvalue weighted by molar-refractivity contribution is -0.385. The summed E-state index contributed by atoms with van der Waals surface area (Å²) in [7, 11) is 0. The van der Waals surface area contributed by atoms with Crippen LogP contribution in [-0.2, 0) is 6.54 Å². The topological polar surface area (TPSA) is 128 Å². The molecule has 2 N–H and O–H groups in total. The Labute approximate surface area is 177 Å². The highest BCUT2D eigenvalue weighted by atomic mass is 32.2. The highest BCUT2D eigenvalue weighted by Gasteiger charge is 2.18. The monoisotopic (exact) mass is 429 g/mol. The van der Waals surface area contributed by atoms with Gasteiger partial charge >= 0.3 is 0 Å². The zero-order valence-corrected chi connectivity index (χ0v) is 17.8. The van der Waals surface area contributed by atoms with Crippen LogP contribution in [-0.4, -0.2) is 49.9 Å². The van der Waals surface area contributed by atoms with E-state index in [4.69, 9.17) is 0 Å². The normalized spacial score (nSPS) is 10.9. The molecule has 10 nitrogen and oxygen atoms in total. The molecule has 0 fully saturated rings. The quantitative estimate of drug-likeness (QED) is 0.230. The molecule has 0 unspecified atom stereocenters. The molecule has 0 spiro atoms. The zero-order valence-electron chi connectivity index (χ0n) is 17.0. The Hall–Kier alpha value is -3.21. The summed E-state index contributed by atoms with van der Waals surface area (Å²) in [6.07, 6.45) is 4.59. The van der Waals surface area contributed by atoms with Crippen LogP contribution in [0.15, 0.2) is 29.6 Å². The van der Waals surface area contributed by atoms with Crippen molar-refractivity contribution in [2.45, 2.75) is 32.0 Å². The number of carbonyl (C=O) groups is 1. The number of benzene rings is 1. The maximum Gasteiger partial charge on any atom is 0.273 e. The fourth-order valence-corrected chi connectivity index (χ4v) is 3.37. The number of anilines is 1. The molecule has 0 aliphatic carbocycles. The zero-order chi connectivity index (χ0) is 21.7. The van der Waals surface area contributed by atoms with Crippen molar-refractivity contribution in [2.24, 2.45) is 0 Å². The van der Waals surface area contributed by atoms with Crippen molar-refractivity contribution < 1.29 is 9.72 Å². The Morgan fingerprint density at radius 2 is 2.10 bits per heavy atom. The van der Waals surface area contributed by atoms with Crippen LogP contribution < -0.4 is 10.6 Å². The van der Waals surface area contributed by atoms with E-state index in [1.165, 1.54) is 23.9 Å². The Bertz CT molecular complexity index is 1080. The second-order valence-corrected chi connectivity index (χ2v) is 7.33. The number of fused-ring (bicyclic) bond motifs is 1. The van der Waals surface area contributed by atoms with E-state index in [1.54, 1.807) is 23.9 Å². The van der Waals surface area contributed by atoms with Crippen LogP contribution >= 0.6 is 11.8 Å². The lowest BCUT2D eigenvalue weighted by Crippen LogP contribution is -2.28. The van der Waals surface area contributed by atoms with Gasteiger partial charge < -0.3 is 10.6 Å². The van der Waals surface area contributed by atoms with Gasteiger partial charge in [-0.1, -0.05) is 24.8 Å². The largest absolute Gasteiger partial charge is 0.369 e. The smallest absolute Gasteiger partial charge is 0.273 e.